The Morgan fingerprint density at radius 1 is 1.24 bits per heavy atom. The van der Waals surface area contributed by atoms with Crippen LogP contribution in [0.4, 0.5) is 5.69 Å². The second kappa shape index (κ2) is 5.85. The molecule has 0 unspecified atom stereocenters. The molecule has 0 aliphatic rings. The fourth-order valence-corrected chi connectivity index (χ4v) is 2.04. The summed E-state index contributed by atoms with van der Waals surface area (Å²) >= 11 is 5.78. The number of imidazole rings is 1. The summed E-state index contributed by atoms with van der Waals surface area (Å²) in [5.74, 6) is 0.342. The van der Waals surface area contributed by atoms with Gasteiger partial charge in [-0.05, 0) is 36.4 Å². The number of aromatic nitrogens is 2. The zero-order valence-electron chi connectivity index (χ0n) is 11.0. The van der Waals surface area contributed by atoms with E-state index in [1.54, 1.807) is 36.5 Å². The molecular formula is C15H12ClN3O2. The Kier molecular flexibility index (Phi) is 3.75. The smallest absolute Gasteiger partial charge is 0.262 e. The average Bonchev–Trinajstić information content (AvgIpc) is 2.96. The molecule has 106 valence electrons. The molecule has 6 heteroatoms. The van der Waals surface area contributed by atoms with E-state index in [0.717, 1.165) is 0 Å². The first-order chi connectivity index (χ1) is 10.2. The van der Waals surface area contributed by atoms with Crippen LogP contribution < -0.4 is 10.1 Å². The van der Waals surface area contributed by atoms with Gasteiger partial charge in [-0.25, -0.2) is 4.98 Å². The average molecular weight is 302 g/mol. The highest BCUT2D eigenvalue weighted by Crippen LogP contribution is 2.16. The molecule has 3 rings (SSSR count). The molecule has 0 fully saturated rings. The molecule has 1 N–H and O–H groups in total. The number of amides is 1. The van der Waals surface area contributed by atoms with Crippen LogP contribution in [0.25, 0.3) is 5.65 Å². The minimum Gasteiger partial charge on any atom is -0.484 e. The molecule has 0 radical (unpaired) electrons. The summed E-state index contributed by atoms with van der Waals surface area (Å²) in [4.78, 5) is 16.1. The Balaban J connectivity index is 1.64. The van der Waals surface area contributed by atoms with Crippen LogP contribution in [0.15, 0.2) is 55.0 Å². The number of fused-ring (bicyclic) bond motifs is 1. The number of hydrogen-bond donors (Lipinski definition) is 1. The van der Waals surface area contributed by atoms with E-state index in [-0.39, 0.29) is 12.5 Å². The van der Waals surface area contributed by atoms with Crippen molar-refractivity contribution < 1.29 is 9.53 Å². The number of anilines is 1. The maximum absolute atomic E-state index is 11.9. The van der Waals surface area contributed by atoms with Crippen molar-refractivity contribution in [2.24, 2.45) is 0 Å². The van der Waals surface area contributed by atoms with Crippen molar-refractivity contribution in [3.63, 3.8) is 0 Å². The lowest BCUT2D eigenvalue weighted by Crippen LogP contribution is -2.20. The minimum absolute atomic E-state index is 0.0800. The number of ether oxygens (including phenoxy) is 1. The van der Waals surface area contributed by atoms with Crippen LogP contribution in [0.2, 0.25) is 5.02 Å². The summed E-state index contributed by atoms with van der Waals surface area (Å²) in [6.07, 6.45) is 5.35. The predicted octanol–water partition coefficient (Wildman–Crippen LogP) is 3.01. The molecule has 21 heavy (non-hydrogen) atoms. The number of carbonyl (C=O) groups excluding carboxylic acids is 1. The lowest BCUT2D eigenvalue weighted by Gasteiger charge is -2.08. The van der Waals surface area contributed by atoms with Gasteiger partial charge in [0.2, 0.25) is 0 Å². The summed E-state index contributed by atoms with van der Waals surface area (Å²) in [7, 11) is 0. The molecular weight excluding hydrogens is 290 g/mol. The molecule has 0 atom stereocenters. The summed E-state index contributed by atoms with van der Waals surface area (Å²) in [5.41, 5.74) is 1.34. The lowest BCUT2D eigenvalue weighted by atomic mass is 10.3. The minimum atomic E-state index is -0.249. The lowest BCUT2D eigenvalue weighted by molar-refractivity contribution is -0.118. The summed E-state index contributed by atoms with van der Waals surface area (Å²) in [6, 6.07) is 10.5. The topological polar surface area (TPSA) is 55.6 Å². The maximum Gasteiger partial charge on any atom is 0.262 e. The molecule has 5 nitrogen and oxygen atoms in total. The number of pyridine rings is 1. The second-order valence-electron chi connectivity index (χ2n) is 4.37. The van der Waals surface area contributed by atoms with E-state index < -0.39 is 0 Å². The largest absolute Gasteiger partial charge is 0.484 e. The Bertz CT molecular complexity index is 768. The fraction of sp³-hybridized carbons (Fsp3) is 0.0667. The normalized spacial score (nSPS) is 10.5. The third-order valence-corrected chi connectivity index (χ3v) is 3.13. The number of hydrogen-bond acceptors (Lipinski definition) is 3. The van der Waals surface area contributed by atoms with Gasteiger partial charge < -0.3 is 14.5 Å². The van der Waals surface area contributed by atoms with E-state index in [4.69, 9.17) is 16.3 Å². The molecule has 2 aromatic heterocycles. The summed E-state index contributed by atoms with van der Waals surface area (Å²) in [5, 5.41) is 3.40. The fourth-order valence-electron chi connectivity index (χ4n) is 1.91. The first-order valence-electron chi connectivity index (χ1n) is 6.32. The maximum atomic E-state index is 11.9. The molecule has 2 heterocycles. The molecule has 0 aliphatic carbocycles. The van der Waals surface area contributed by atoms with Crippen molar-refractivity contribution in [3.05, 3.63) is 60.0 Å². The van der Waals surface area contributed by atoms with Crippen molar-refractivity contribution in [1.29, 1.82) is 0 Å². The van der Waals surface area contributed by atoms with Crippen molar-refractivity contribution >= 4 is 28.8 Å². The molecule has 1 amide bonds. The quantitative estimate of drug-likeness (QED) is 0.806. The highest BCUT2D eigenvalue weighted by molar-refractivity contribution is 6.30. The summed E-state index contributed by atoms with van der Waals surface area (Å²) in [6.45, 7) is -0.0800. The SMILES string of the molecule is O=C(COc1ccc(Cl)cc1)Nc1cccn2ccnc12. The molecule has 0 bridgehead atoms. The van der Waals surface area contributed by atoms with Crippen LogP contribution in [-0.2, 0) is 4.79 Å². The second-order valence-corrected chi connectivity index (χ2v) is 4.81. The van der Waals surface area contributed by atoms with Gasteiger partial charge in [-0.1, -0.05) is 11.6 Å². The molecule has 0 aliphatic heterocycles. The first kappa shape index (κ1) is 13.5. The standard InChI is InChI=1S/C15H12ClN3O2/c16-11-3-5-12(6-4-11)21-10-14(20)18-13-2-1-8-19-9-7-17-15(13)19/h1-9H,10H2,(H,18,20). The number of rotatable bonds is 4. The van der Waals surface area contributed by atoms with Crippen LogP contribution in [0.3, 0.4) is 0 Å². The Morgan fingerprint density at radius 3 is 2.86 bits per heavy atom. The first-order valence-corrected chi connectivity index (χ1v) is 6.70. The number of nitrogens with zero attached hydrogens (tertiary/aromatic N) is 2. The van der Waals surface area contributed by atoms with Gasteiger partial charge in [0.25, 0.3) is 5.91 Å². The van der Waals surface area contributed by atoms with Crippen LogP contribution in [0, 0.1) is 0 Å². The Morgan fingerprint density at radius 2 is 2.05 bits per heavy atom. The number of carbonyl (C=O) groups is 1. The van der Waals surface area contributed by atoms with E-state index >= 15 is 0 Å². The highest BCUT2D eigenvalue weighted by atomic mass is 35.5. The third kappa shape index (κ3) is 3.14. The van der Waals surface area contributed by atoms with Gasteiger partial charge in [-0.2, -0.15) is 0 Å². The van der Waals surface area contributed by atoms with E-state index in [2.05, 4.69) is 10.3 Å². The monoisotopic (exact) mass is 301 g/mol. The molecule has 0 saturated heterocycles. The zero-order valence-corrected chi connectivity index (χ0v) is 11.7. The van der Waals surface area contributed by atoms with E-state index in [1.807, 2.05) is 22.9 Å². The number of benzene rings is 1. The molecule has 1 aromatic carbocycles. The summed E-state index contributed by atoms with van der Waals surface area (Å²) < 4.78 is 7.22. The van der Waals surface area contributed by atoms with E-state index in [9.17, 15) is 4.79 Å². The predicted molar refractivity (Wildman–Crippen MR) is 80.8 cm³/mol. The van der Waals surface area contributed by atoms with Gasteiger partial charge in [-0.15, -0.1) is 0 Å². The van der Waals surface area contributed by atoms with E-state index in [1.165, 1.54) is 0 Å². The Hall–Kier alpha value is -2.53. The van der Waals surface area contributed by atoms with Crippen LogP contribution in [-0.4, -0.2) is 21.9 Å². The highest BCUT2D eigenvalue weighted by Gasteiger charge is 2.07. The van der Waals surface area contributed by atoms with Crippen molar-refractivity contribution in [3.8, 4) is 5.75 Å². The van der Waals surface area contributed by atoms with Gasteiger partial charge in [0.1, 0.15) is 5.75 Å². The zero-order chi connectivity index (χ0) is 14.7. The van der Waals surface area contributed by atoms with Crippen molar-refractivity contribution in [2.45, 2.75) is 0 Å². The molecule has 3 aromatic rings. The van der Waals surface area contributed by atoms with E-state index in [0.29, 0.717) is 22.1 Å². The van der Waals surface area contributed by atoms with Gasteiger partial charge in [0.15, 0.2) is 12.3 Å². The van der Waals surface area contributed by atoms with Crippen LogP contribution in [0.1, 0.15) is 0 Å². The van der Waals surface area contributed by atoms with Gasteiger partial charge >= 0.3 is 0 Å². The molecule has 0 saturated carbocycles. The van der Waals surface area contributed by atoms with Crippen LogP contribution >= 0.6 is 11.6 Å². The van der Waals surface area contributed by atoms with Crippen LogP contribution in [0.5, 0.6) is 5.75 Å². The third-order valence-electron chi connectivity index (χ3n) is 2.88. The molecule has 0 spiro atoms. The van der Waals surface area contributed by atoms with Gasteiger partial charge in [0.05, 0.1) is 5.69 Å². The van der Waals surface area contributed by atoms with Crippen molar-refractivity contribution in [2.75, 3.05) is 11.9 Å². The number of nitrogens with one attached hydrogen (secondary N) is 1. The Labute approximate surface area is 126 Å². The number of halogens is 1. The van der Waals surface area contributed by atoms with Crippen molar-refractivity contribution in [1.82, 2.24) is 9.38 Å². The van der Waals surface area contributed by atoms with Gasteiger partial charge in [0, 0.05) is 23.6 Å². The van der Waals surface area contributed by atoms with Gasteiger partial charge in [-0.3, -0.25) is 4.79 Å².